The molecule has 24 heavy (non-hydrogen) atoms. The van der Waals surface area contributed by atoms with E-state index in [9.17, 15) is 9.59 Å². The maximum Gasteiger partial charge on any atom is 0.227 e. The number of carbonyl (C=O) groups is 2. The topological polar surface area (TPSA) is 52.7 Å². The molecule has 1 saturated heterocycles. The molecule has 1 aliphatic rings. The summed E-state index contributed by atoms with van der Waals surface area (Å²) in [7, 11) is 0. The van der Waals surface area contributed by atoms with Gasteiger partial charge >= 0.3 is 0 Å². The summed E-state index contributed by atoms with van der Waals surface area (Å²) in [4.78, 5) is 28.6. The van der Waals surface area contributed by atoms with E-state index in [2.05, 4.69) is 31.0 Å². The smallest absolute Gasteiger partial charge is 0.227 e. The van der Waals surface area contributed by atoms with Gasteiger partial charge in [-0.3, -0.25) is 14.5 Å². The second-order valence-electron chi connectivity index (χ2n) is 6.75. The van der Waals surface area contributed by atoms with Crippen LogP contribution in [-0.2, 0) is 9.59 Å². The number of hydrogen-bond donors (Lipinski definition) is 1. The SMILES string of the molecule is CCN(CCNC(=O)C1CC(=O)N(c2ccc(C)cc2)C1)C(C)C. The Morgan fingerprint density at radius 3 is 2.58 bits per heavy atom. The van der Waals surface area contributed by atoms with Crippen LogP contribution >= 0.6 is 0 Å². The first-order chi connectivity index (χ1) is 11.4. The molecule has 0 aliphatic carbocycles. The van der Waals surface area contributed by atoms with Crippen molar-refractivity contribution in [1.82, 2.24) is 10.2 Å². The second kappa shape index (κ2) is 8.29. The fourth-order valence-corrected chi connectivity index (χ4v) is 3.11. The normalized spacial score (nSPS) is 17.8. The van der Waals surface area contributed by atoms with Crippen molar-refractivity contribution in [2.24, 2.45) is 5.92 Å². The molecule has 1 aromatic rings. The van der Waals surface area contributed by atoms with Crippen LogP contribution in [0.15, 0.2) is 24.3 Å². The average Bonchev–Trinajstić information content (AvgIpc) is 2.94. The van der Waals surface area contributed by atoms with Gasteiger partial charge in [0.25, 0.3) is 0 Å². The van der Waals surface area contributed by atoms with Crippen molar-refractivity contribution in [3.05, 3.63) is 29.8 Å². The average molecular weight is 331 g/mol. The van der Waals surface area contributed by atoms with Crippen LogP contribution in [0.25, 0.3) is 0 Å². The van der Waals surface area contributed by atoms with Gasteiger partial charge in [-0.2, -0.15) is 0 Å². The zero-order valence-electron chi connectivity index (χ0n) is 15.2. The molecule has 0 bridgehead atoms. The fraction of sp³-hybridized carbons (Fsp3) is 0.579. The van der Waals surface area contributed by atoms with Crippen molar-refractivity contribution in [2.45, 2.75) is 40.2 Å². The van der Waals surface area contributed by atoms with E-state index in [1.54, 1.807) is 4.90 Å². The second-order valence-corrected chi connectivity index (χ2v) is 6.75. The standard InChI is InChI=1S/C19H29N3O2/c1-5-21(14(2)3)11-10-20-19(24)16-12-18(23)22(13-16)17-8-6-15(4)7-9-17/h6-9,14,16H,5,10-13H2,1-4H3,(H,20,24). The maximum absolute atomic E-state index is 12.4. The summed E-state index contributed by atoms with van der Waals surface area (Å²) in [5.41, 5.74) is 2.03. The van der Waals surface area contributed by atoms with Gasteiger partial charge in [-0.1, -0.05) is 24.6 Å². The Balaban J connectivity index is 1.86. The molecule has 0 saturated carbocycles. The van der Waals surface area contributed by atoms with Gasteiger partial charge in [0.15, 0.2) is 0 Å². The number of rotatable bonds is 7. The third kappa shape index (κ3) is 4.57. The number of hydrogen-bond acceptors (Lipinski definition) is 3. The third-order valence-corrected chi connectivity index (χ3v) is 4.68. The summed E-state index contributed by atoms with van der Waals surface area (Å²) < 4.78 is 0. The molecule has 1 unspecified atom stereocenters. The number of benzene rings is 1. The van der Waals surface area contributed by atoms with E-state index in [-0.39, 0.29) is 17.7 Å². The Morgan fingerprint density at radius 1 is 1.33 bits per heavy atom. The number of amides is 2. The number of nitrogens with one attached hydrogen (secondary N) is 1. The number of anilines is 1. The predicted octanol–water partition coefficient (Wildman–Crippen LogP) is 2.19. The minimum atomic E-state index is -0.257. The lowest BCUT2D eigenvalue weighted by atomic mass is 10.1. The Kier molecular flexibility index (Phi) is 6.37. The van der Waals surface area contributed by atoms with Gasteiger partial charge in [0.2, 0.25) is 11.8 Å². The van der Waals surface area contributed by atoms with Crippen LogP contribution in [0.1, 0.15) is 32.8 Å². The Morgan fingerprint density at radius 2 is 2.00 bits per heavy atom. The van der Waals surface area contributed by atoms with Crippen LogP contribution < -0.4 is 10.2 Å². The van der Waals surface area contributed by atoms with E-state index in [0.717, 1.165) is 24.3 Å². The van der Waals surface area contributed by atoms with Crippen LogP contribution in [0.4, 0.5) is 5.69 Å². The molecule has 1 atom stereocenters. The molecule has 1 N–H and O–H groups in total. The van der Waals surface area contributed by atoms with Crippen molar-refractivity contribution in [2.75, 3.05) is 31.1 Å². The largest absolute Gasteiger partial charge is 0.355 e. The summed E-state index contributed by atoms with van der Waals surface area (Å²) in [6, 6.07) is 8.32. The molecule has 2 amide bonds. The molecular weight excluding hydrogens is 302 g/mol. The quantitative estimate of drug-likeness (QED) is 0.833. The Labute approximate surface area is 145 Å². The zero-order valence-corrected chi connectivity index (χ0v) is 15.2. The maximum atomic E-state index is 12.4. The number of likely N-dealkylation sites (N-methyl/N-ethyl adjacent to an activating group) is 1. The van der Waals surface area contributed by atoms with Crippen LogP contribution in [-0.4, -0.2) is 48.9 Å². The molecule has 0 aromatic heterocycles. The highest BCUT2D eigenvalue weighted by molar-refractivity contribution is 6.00. The summed E-state index contributed by atoms with van der Waals surface area (Å²) in [6.07, 6.45) is 0.293. The third-order valence-electron chi connectivity index (χ3n) is 4.68. The van der Waals surface area contributed by atoms with Gasteiger partial charge in [-0.25, -0.2) is 0 Å². The zero-order chi connectivity index (χ0) is 17.7. The van der Waals surface area contributed by atoms with Gasteiger partial charge in [0.05, 0.1) is 5.92 Å². The van der Waals surface area contributed by atoms with E-state index < -0.39 is 0 Å². The fourth-order valence-electron chi connectivity index (χ4n) is 3.11. The molecule has 0 spiro atoms. The number of aryl methyl sites for hydroxylation is 1. The lowest BCUT2D eigenvalue weighted by molar-refractivity contribution is -0.126. The highest BCUT2D eigenvalue weighted by atomic mass is 16.2. The monoisotopic (exact) mass is 331 g/mol. The first kappa shape index (κ1) is 18.5. The van der Waals surface area contributed by atoms with Crippen molar-refractivity contribution in [3.63, 3.8) is 0 Å². The summed E-state index contributed by atoms with van der Waals surface area (Å²) in [6.45, 7) is 11.3. The molecular formula is C19H29N3O2. The van der Waals surface area contributed by atoms with Crippen molar-refractivity contribution in [1.29, 1.82) is 0 Å². The Bertz CT molecular complexity index is 568. The highest BCUT2D eigenvalue weighted by Crippen LogP contribution is 2.25. The van der Waals surface area contributed by atoms with E-state index in [4.69, 9.17) is 0 Å². The van der Waals surface area contributed by atoms with Crippen molar-refractivity contribution < 1.29 is 9.59 Å². The van der Waals surface area contributed by atoms with Crippen molar-refractivity contribution >= 4 is 17.5 Å². The molecule has 2 rings (SSSR count). The molecule has 5 nitrogen and oxygen atoms in total. The van der Waals surface area contributed by atoms with Crippen LogP contribution in [0, 0.1) is 12.8 Å². The molecule has 1 heterocycles. The molecule has 0 radical (unpaired) electrons. The lowest BCUT2D eigenvalue weighted by Crippen LogP contribution is -2.40. The highest BCUT2D eigenvalue weighted by Gasteiger charge is 2.34. The van der Waals surface area contributed by atoms with Gasteiger partial charge in [-0.05, 0) is 39.4 Å². The predicted molar refractivity (Wildman–Crippen MR) is 97.0 cm³/mol. The first-order valence-corrected chi connectivity index (χ1v) is 8.81. The molecule has 1 aliphatic heterocycles. The lowest BCUT2D eigenvalue weighted by Gasteiger charge is -2.25. The van der Waals surface area contributed by atoms with E-state index in [0.29, 0.717) is 25.6 Å². The summed E-state index contributed by atoms with van der Waals surface area (Å²) in [5.74, 6) is -0.248. The Hall–Kier alpha value is -1.88. The molecule has 1 fully saturated rings. The van der Waals surface area contributed by atoms with E-state index >= 15 is 0 Å². The van der Waals surface area contributed by atoms with Gasteiger partial charge in [0.1, 0.15) is 0 Å². The minimum Gasteiger partial charge on any atom is -0.355 e. The molecule has 132 valence electrons. The van der Waals surface area contributed by atoms with Gasteiger partial charge in [0, 0.05) is 37.8 Å². The minimum absolute atomic E-state index is 0.0160. The number of nitrogens with zero attached hydrogens (tertiary/aromatic N) is 2. The van der Waals surface area contributed by atoms with E-state index in [1.165, 1.54) is 0 Å². The summed E-state index contributed by atoms with van der Waals surface area (Å²) >= 11 is 0. The van der Waals surface area contributed by atoms with Gasteiger partial charge in [-0.15, -0.1) is 0 Å². The molecule has 5 heteroatoms. The van der Waals surface area contributed by atoms with Crippen molar-refractivity contribution in [3.8, 4) is 0 Å². The molecule has 1 aromatic carbocycles. The van der Waals surface area contributed by atoms with Crippen LogP contribution in [0.3, 0.4) is 0 Å². The van der Waals surface area contributed by atoms with Crippen LogP contribution in [0.2, 0.25) is 0 Å². The summed E-state index contributed by atoms with van der Waals surface area (Å²) in [5, 5.41) is 2.99. The van der Waals surface area contributed by atoms with Gasteiger partial charge < -0.3 is 10.2 Å². The first-order valence-electron chi connectivity index (χ1n) is 8.81. The van der Waals surface area contributed by atoms with Crippen LogP contribution in [0.5, 0.6) is 0 Å². The number of carbonyl (C=O) groups excluding carboxylic acids is 2. The van der Waals surface area contributed by atoms with E-state index in [1.807, 2.05) is 31.2 Å².